The van der Waals surface area contributed by atoms with E-state index in [1.807, 2.05) is 6.92 Å². The van der Waals surface area contributed by atoms with Crippen molar-refractivity contribution in [2.45, 2.75) is 57.6 Å². The maximum absolute atomic E-state index is 13.2. The third kappa shape index (κ3) is 4.86. The first-order chi connectivity index (χ1) is 13.9. The number of hydrogen-bond acceptors (Lipinski definition) is 5. The van der Waals surface area contributed by atoms with Crippen LogP contribution in [0.1, 0.15) is 44.6 Å². The minimum atomic E-state index is -0.593. The molecular weight excluding hydrogens is 373 g/mol. The number of ketones is 1. The van der Waals surface area contributed by atoms with Gasteiger partial charge in [0, 0.05) is 25.5 Å². The van der Waals surface area contributed by atoms with Gasteiger partial charge in [0.1, 0.15) is 11.6 Å². The van der Waals surface area contributed by atoms with E-state index in [0.717, 1.165) is 24.9 Å². The Labute approximate surface area is 172 Å². The van der Waals surface area contributed by atoms with Crippen LogP contribution >= 0.6 is 0 Å². The number of ether oxygens (including phenoxy) is 2. The average molecular weight is 406 g/mol. The number of hydrogen-bond donors (Lipinski definition) is 1. The highest BCUT2D eigenvalue weighted by Crippen LogP contribution is 2.58. The topological polar surface area (TPSA) is 64.6 Å². The van der Waals surface area contributed by atoms with Gasteiger partial charge in [-0.15, -0.1) is 0 Å². The Morgan fingerprint density at radius 3 is 2.59 bits per heavy atom. The van der Waals surface area contributed by atoms with Crippen molar-refractivity contribution in [2.24, 2.45) is 17.3 Å². The van der Waals surface area contributed by atoms with Crippen molar-refractivity contribution in [1.29, 1.82) is 0 Å². The smallest absolute Gasteiger partial charge is 0.312 e. The second-order valence-electron chi connectivity index (χ2n) is 8.55. The molecule has 2 fully saturated rings. The number of rotatable bonds is 10. The summed E-state index contributed by atoms with van der Waals surface area (Å²) in [7, 11) is 3.06. The van der Waals surface area contributed by atoms with Crippen molar-refractivity contribution in [3.63, 3.8) is 0 Å². The Bertz CT molecular complexity index is 716. The summed E-state index contributed by atoms with van der Waals surface area (Å²) in [5.41, 5.74) is 0.315. The Morgan fingerprint density at radius 1 is 1.28 bits per heavy atom. The van der Waals surface area contributed by atoms with Gasteiger partial charge in [0.2, 0.25) is 0 Å². The predicted octanol–water partition coefficient (Wildman–Crippen LogP) is 3.30. The molecule has 0 radical (unpaired) electrons. The number of benzene rings is 1. The Balaban J connectivity index is 1.58. The van der Waals surface area contributed by atoms with Crippen LogP contribution in [0.3, 0.4) is 0 Å². The van der Waals surface area contributed by atoms with Crippen molar-refractivity contribution in [2.75, 3.05) is 20.8 Å². The molecule has 5 atom stereocenters. The van der Waals surface area contributed by atoms with Crippen molar-refractivity contribution >= 4 is 11.8 Å². The van der Waals surface area contributed by atoms with Gasteiger partial charge in [-0.25, -0.2) is 4.39 Å². The fraction of sp³-hybridized carbons (Fsp3) is 0.652. The van der Waals surface area contributed by atoms with Crippen molar-refractivity contribution in [3.05, 3.63) is 35.6 Å². The van der Waals surface area contributed by atoms with Gasteiger partial charge in [-0.05, 0) is 62.3 Å². The van der Waals surface area contributed by atoms with Gasteiger partial charge in [-0.1, -0.05) is 19.1 Å². The Hall–Kier alpha value is -1.79. The molecule has 1 aliphatic heterocycles. The molecule has 29 heavy (non-hydrogen) atoms. The van der Waals surface area contributed by atoms with E-state index < -0.39 is 5.41 Å². The van der Waals surface area contributed by atoms with Gasteiger partial charge >= 0.3 is 5.97 Å². The summed E-state index contributed by atoms with van der Waals surface area (Å²) in [6.07, 6.45) is 4.33. The van der Waals surface area contributed by atoms with Crippen LogP contribution < -0.4 is 5.32 Å². The molecule has 160 valence electrons. The average Bonchev–Trinajstić information content (AvgIpc) is 3.15. The number of Topliss-reactive ketones (excluding diaryl/α,β-unsaturated/α-hetero) is 1. The quantitative estimate of drug-likeness (QED) is 0.605. The van der Waals surface area contributed by atoms with Crippen LogP contribution in [0.5, 0.6) is 0 Å². The first-order valence-corrected chi connectivity index (χ1v) is 10.5. The molecule has 6 heteroatoms. The minimum Gasteiger partial charge on any atom is -0.469 e. The van der Waals surface area contributed by atoms with E-state index in [9.17, 15) is 14.0 Å². The summed E-state index contributed by atoms with van der Waals surface area (Å²) in [6.45, 7) is 2.91. The van der Waals surface area contributed by atoms with E-state index in [1.165, 1.54) is 19.2 Å². The summed E-state index contributed by atoms with van der Waals surface area (Å²) in [6, 6.07) is 6.46. The third-order valence-corrected chi connectivity index (χ3v) is 6.76. The molecule has 0 bridgehead atoms. The number of methoxy groups -OCH3 is 2. The number of halogens is 1. The van der Waals surface area contributed by atoms with Crippen LogP contribution in [0.4, 0.5) is 4.39 Å². The molecule has 0 spiro atoms. The molecule has 3 rings (SSSR count). The lowest BCUT2D eigenvalue weighted by Crippen LogP contribution is -2.43. The summed E-state index contributed by atoms with van der Waals surface area (Å²) in [4.78, 5) is 25.3. The molecule has 5 nitrogen and oxygen atoms in total. The van der Waals surface area contributed by atoms with E-state index in [2.05, 4.69) is 5.32 Å². The third-order valence-electron chi connectivity index (χ3n) is 6.76. The summed E-state index contributed by atoms with van der Waals surface area (Å²) >= 11 is 0. The van der Waals surface area contributed by atoms with Crippen molar-refractivity contribution in [3.8, 4) is 0 Å². The first kappa shape index (κ1) is 21.9. The van der Waals surface area contributed by atoms with Gasteiger partial charge in [0.25, 0.3) is 0 Å². The van der Waals surface area contributed by atoms with Crippen LogP contribution in [-0.2, 0) is 25.5 Å². The summed E-state index contributed by atoms with van der Waals surface area (Å²) in [5, 5.41) is 3.42. The number of carbonyl (C=O) groups is 2. The van der Waals surface area contributed by atoms with E-state index in [4.69, 9.17) is 9.47 Å². The van der Waals surface area contributed by atoms with Crippen LogP contribution in [0.15, 0.2) is 24.3 Å². The lowest BCUT2D eigenvalue weighted by Gasteiger charge is -2.27. The molecule has 1 N–H and O–H groups in total. The zero-order chi connectivity index (χ0) is 21.0. The predicted molar refractivity (Wildman–Crippen MR) is 108 cm³/mol. The lowest BCUT2D eigenvalue weighted by atomic mass is 9.88. The number of carbonyl (C=O) groups excluding carboxylic acids is 2. The van der Waals surface area contributed by atoms with Gasteiger partial charge < -0.3 is 14.8 Å². The maximum Gasteiger partial charge on any atom is 0.312 e. The molecule has 1 aromatic carbocycles. The van der Waals surface area contributed by atoms with Crippen LogP contribution in [0.2, 0.25) is 0 Å². The maximum atomic E-state index is 13.2. The van der Waals surface area contributed by atoms with E-state index in [1.54, 1.807) is 19.2 Å². The number of esters is 1. The SMILES string of the molecule is COC(=O)[C@]1(Cc2ccc(F)cc2)C[C@H]1CCC(=O)C(C)[C@@H](OC)C1CCCN1. The largest absolute Gasteiger partial charge is 0.469 e. The molecular formula is C23H32FNO4. The monoisotopic (exact) mass is 405 g/mol. The fourth-order valence-electron chi connectivity index (χ4n) is 4.90. The van der Waals surface area contributed by atoms with E-state index in [0.29, 0.717) is 25.7 Å². The molecule has 1 aromatic rings. The lowest BCUT2D eigenvalue weighted by molar-refractivity contribution is -0.148. The molecule has 1 saturated heterocycles. The standard InChI is InChI=1S/C23H32FNO4/c1-15(21(28-2)19-5-4-12-25-19)20(26)11-8-17-14-23(17,22(27)29-3)13-16-6-9-18(24)10-7-16/h6-7,9-10,15,17,19,21,25H,4-5,8,11-14H2,1-3H3/t15?,17-,19?,21-,23-/m1/s1. The highest BCUT2D eigenvalue weighted by Gasteiger charge is 2.60. The normalized spacial score (nSPS) is 28.0. The molecule has 1 saturated carbocycles. The molecule has 1 heterocycles. The molecule has 0 aromatic heterocycles. The van der Waals surface area contributed by atoms with Gasteiger partial charge in [-0.3, -0.25) is 9.59 Å². The van der Waals surface area contributed by atoms with E-state index >= 15 is 0 Å². The minimum absolute atomic E-state index is 0.113. The summed E-state index contributed by atoms with van der Waals surface area (Å²) in [5.74, 6) is -0.423. The summed E-state index contributed by atoms with van der Waals surface area (Å²) < 4.78 is 23.9. The molecule has 2 unspecified atom stereocenters. The number of nitrogens with one attached hydrogen (secondary N) is 1. The first-order valence-electron chi connectivity index (χ1n) is 10.5. The molecule has 0 amide bonds. The second-order valence-corrected chi connectivity index (χ2v) is 8.55. The molecule has 2 aliphatic rings. The zero-order valence-electron chi connectivity index (χ0n) is 17.6. The van der Waals surface area contributed by atoms with Crippen LogP contribution in [-0.4, -0.2) is 44.7 Å². The van der Waals surface area contributed by atoms with Crippen LogP contribution in [0.25, 0.3) is 0 Å². The second kappa shape index (κ2) is 9.35. The fourth-order valence-corrected chi connectivity index (χ4v) is 4.90. The van der Waals surface area contributed by atoms with Gasteiger partial charge in [0.15, 0.2) is 0 Å². The Kier molecular flexibility index (Phi) is 7.06. The zero-order valence-corrected chi connectivity index (χ0v) is 17.6. The molecule has 1 aliphatic carbocycles. The highest BCUT2D eigenvalue weighted by molar-refractivity contribution is 5.83. The highest BCUT2D eigenvalue weighted by atomic mass is 19.1. The Morgan fingerprint density at radius 2 is 2.00 bits per heavy atom. The van der Waals surface area contributed by atoms with Crippen molar-refractivity contribution in [1.82, 2.24) is 5.32 Å². The van der Waals surface area contributed by atoms with Gasteiger partial charge in [-0.2, -0.15) is 0 Å². The van der Waals surface area contributed by atoms with E-state index in [-0.39, 0.29) is 41.6 Å². The van der Waals surface area contributed by atoms with Crippen molar-refractivity contribution < 1.29 is 23.5 Å². The van der Waals surface area contributed by atoms with Crippen LogP contribution in [0, 0.1) is 23.1 Å². The van der Waals surface area contributed by atoms with Gasteiger partial charge in [0.05, 0.1) is 18.6 Å².